The van der Waals surface area contributed by atoms with Gasteiger partial charge in [0.05, 0.1) is 0 Å². The summed E-state index contributed by atoms with van der Waals surface area (Å²) in [6.07, 6.45) is 7.56. The molecule has 0 bridgehead atoms. The molecule has 2 fully saturated rings. The SMILES string of the molecule is CCC1CCCC(C(=O)C2(CN)CCOCC2)C1. The number of ketones is 1. The molecule has 0 radical (unpaired) electrons. The fraction of sp³-hybridized carbons (Fsp3) is 0.933. The van der Waals surface area contributed by atoms with Gasteiger partial charge in [0, 0.05) is 31.1 Å². The van der Waals surface area contributed by atoms with Gasteiger partial charge in [0.25, 0.3) is 0 Å². The van der Waals surface area contributed by atoms with Crippen LogP contribution >= 0.6 is 0 Å². The van der Waals surface area contributed by atoms with Gasteiger partial charge in [0.1, 0.15) is 5.78 Å². The summed E-state index contributed by atoms with van der Waals surface area (Å²) >= 11 is 0. The number of carbonyl (C=O) groups excluding carboxylic acids is 1. The standard InChI is InChI=1S/C15H27NO2/c1-2-12-4-3-5-13(10-12)14(17)15(11-16)6-8-18-9-7-15/h12-13H,2-11,16H2,1H3. The molecule has 18 heavy (non-hydrogen) atoms. The lowest BCUT2D eigenvalue weighted by atomic mass is 9.67. The largest absolute Gasteiger partial charge is 0.381 e. The molecule has 2 rings (SSSR count). The van der Waals surface area contributed by atoms with Crippen LogP contribution in [0.3, 0.4) is 0 Å². The van der Waals surface area contributed by atoms with Crippen molar-refractivity contribution in [1.82, 2.24) is 0 Å². The van der Waals surface area contributed by atoms with E-state index in [1.807, 2.05) is 0 Å². The van der Waals surface area contributed by atoms with Crippen molar-refractivity contribution in [3.8, 4) is 0 Å². The van der Waals surface area contributed by atoms with E-state index in [1.165, 1.54) is 19.3 Å². The minimum Gasteiger partial charge on any atom is -0.381 e. The topological polar surface area (TPSA) is 52.3 Å². The molecule has 0 aromatic rings. The lowest BCUT2D eigenvalue weighted by Crippen LogP contribution is -2.46. The molecule has 0 amide bonds. The Kier molecular flexibility index (Phi) is 4.79. The van der Waals surface area contributed by atoms with E-state index in [-0.39, 0.29) is 11.3 Å². The third-order valence-electron chi connectivity index (χ3n) is 5.09. The molecule has 1 aliphatic heterocycles. The normalized spacial score (nSPS) is 32.1. The van der Waals surface area contributed by atoms with Gasteiger partial charge in [-0.25, -0.2) is 0 Å². The first-order valence-electron chi connectivity index (χ1n) is 7.54. The van der Waals surface area contributed by atoms with Crippen LogP contribution in [0.2, 0.25) is 0 Å². The van der Waals surface area contributed by atoms with E-state index in [0.717, 1.165) is 31.6 Å². The van der Waals surface area contributed by atoms with E-state index in [4.69, 9.17) is 10.5 Å². The van der Waals surface area contributed by atoms with Crippen molar-refractivity contribution in [3.63, 3.8) is 0 Å². The van der Waals surface area contributed by atoms with Crippen LogP contribution in [0, 0.1) is 17.3 Å². The average Bonchev–Trinajstić information content (AvgIpc) is 2.47. The minimum absolute atomic E-state index is 0.265. The smallest absolute Gasteiger partial charge is 0.143 e. The summed E-state index contributed by atoms with van der Waals surface area (Å²) in [5, 5.41) is 0. The fourth-order valence-corrected chi connectivity index (χ4v) is 3.65. The summed E-state index contributed by atoms with van der Waals surface area (Å²) in [6.45, 7) is 4.15. The summed E-state index contributed by atoms with van der Waals surface area (Å²) in [6, 6.07) is 0. The molecule has 1 heterocycles. The van der Waals surface area contributed by atoms with Crippen LogP contribution in [-0.2, 0) is 9.53 Å². The van der Waals surface area contributed by atoms with Gasteiger partial charge in [-0.3, -0.25) is 4.79 Å². The van der Waals surface area contributed by atoms with Gasteiger partial charge in [-0.05, 0) is 31.6 Å². The van der Waals surface area contributed by atoms with E-state index in [1.54, 1.807) is 0 Å². The van der Waals surface area contributed by atoms with Crippen molar-refractivity contribution >= 4 is 5.78 Å². The molecule has 1 saturated carbocycles. The highest BCUT2D eigenvalue weighted by atomic mass is 16.5. The first kappa shape index (κ1) is 14.0. The van der Waals surface area contributed by atoms with Crippen molar-refractivity contribution in [3.05, 3.63) is 0 Å². The molecule has 104 valence electrons. The third-order valence-corrected chi connectivity index (χ3v) is 5.09. The van der Waals surface area contributed by atoms with E-state index in [0.29, 0.717) is 25.5 Å². The van der Waals surface area contributed by atoms with Gasteiger partial charge < -0.3 is 10.5 Å². The second kappa shape index (κ2) is 6.16. The second-order valence-corrected chi connectivity index (χ2v) is 6.10. The van der Waals surface area contributed by atoms with Crippen LogP contribution in [0.1, 0.15) is 51.9 Å². The Morgan fingerprint density at radius 3 is 2.67 bits per heavy atom. The summed E-state index contributed by atoms with van der Waals surface area (Å²) in [5.74, 6) is 1.47. The maximum atomic E-state index is 12.8. The molecule has 3 heteroatoms. The van der Waals surface area contributed by atoms with Crippen molar-refractivity contribution in [1.29, 1.82) is 0 Å². The molecule has 0 aromatic carbocycles. The highest BCUT2D eigenvalue weighted by Crippen LogP contribution is 2.39. The van der Waals surface area contributed by atoms with Crippen molar-refractivity contribution < 1.29 is 9.53 Å². The van der Waals surface area contributed by atoms with Crippen molar-refractivity contribution in [2.45, 2.75) is 51.9 Å². The van der Waals surface area contributed by atoms with E-state index in [9.17, 15) is 4.79 Å². The number of hydrogen-bond acceptors (Lipinski definition) is 3. The predicted octanol–water partition coefficient (Wildman–Crippen LogP) is 2.53. The number of ether oxygens (including phenoxy) is 1. The van der Waals surface area contributed by atoms with Gasteiger partial charge in [0.2, 0.25) is 0 Å². The molecule has 2 atom stereocenters. The van der Waals surface area contributed by atoms with Crippen molar-refractivity contribution in [2.24, 2.45) is 23.0 Å². The van der Waals surface area contributed by atoms with Crippen molar-refractivity contribution in [2.75, 3.05) is 19.8 Å². The number of carbonyl (C=O) groups is 1. The first-order valence-corrected chi connectivity index (χ1v) is 7.54. The van der Waals surface area contributed by atoms with Crippen LogP contribution in [0.5, 0.6) is 0 Å². The lowest BCUT2D eigenvalue weighted by Gasteiger charge is -2.39. The second-order valence-electron chi connectivity index (χ2n) is 6.10. The zero-order chi connectivity index (χ0) is 13.0. The first-order chi connectivity index (χ1) is 8.72. The number of hydrogen-bond donors (Lipinski definition) is 1. The molecular weight excluding hydrogens is 226 g/mol. The Hall–Kier alpha value is -0.410. The number of rotatable bonds is 4. The van der Waals surface area contributed by atoms with E-state index >= 15 is 0 Å². The Morgan fingerprint density at radius 2 is 2.06 bits per heavy atom. The summed E-state index contributed by atoms with van der Waals surface area (Å²) in [7, 11) is 0. The molecule has 2 unspecified atom stereocenters. The quantitative estimate of drug-likeness (QED) is 0.837. The minimum atomic E-state index is -0.265. The number of Topliss-reactive ketones (excluding diaryl/α,β-unsaturated/α-hetero) is 1. The van der Waals surface area contributed by atoms with Crippen LogP contribution in [0.15, 0.2) is 0 Å². The Labute approximate surface area is 110 Å². The molecule has 0 aromatic heterocycles. The number of nitrogens with two attached hydrogens (primary N) is 1. The molecular formula is C15H27NO2. The highest BCUT2D eigenvalue weighted by molar-refractivity contribution is 5.87. The Bertz CT molecular complexity index is 284. The van der Waals surface area contributed by atoms with Crippen LogP contribution in [0.25, 0.3) is 0 Å². The van der Waals surface area contributed by atoms with Crippen LogP contribution in [0.4, 0.5) is 0 Å². The summed E-state index contributed by atoms with van der Waals surface area (Å²) in [4.78, 5) is 12.8. The van der Waals surface area contributed by atoms with Gasteiger partial charge in [0.15, 0.2) is 0 Å². The summed E-state index contributed by atoms with van der Waals surface area (Å²) < 4.78 is 5.40. The summed E-state index contributed by atoms with van der Waals surface area (Å²) in [5.41, 5.74) is 5.67. The van der Waals surface area contributed by atoms with E-state index in [2.05, 4.69) is 6.92 Å². The zero-order valence-electron chi connectivity index (χ0n) is 11.6. The van der Waals surface area contributed by atoms with Gasteiger partial charge in [-0.15, -0.1) is 0 Å². The van der Waals surface area contributed by atoms with Gasteiger partial charge in [-0.1, -0.05) is 26.2 Å². The molecule has 2 N–H and O–H groups in total. The lowest BCUT2D eigenvalue weighted by molar-refractivity contribution is -0.139. The molecule has 0 spiro atoms. The van der Waals surface area contributed by atoms with E-state index < -0.39 is 0 Å². The molecule has 3 nitrogen and oxygen atoms in total. The van der Waals surface area contributed by atoms with Gasteiger partial charge >= 0.3 is 0 Å². The van der Waals surface area contributed by atoms with Crippen LogP contribution in [-0.4, -0.2) is 25.5 Å². The Balaban J connectivity index is 2.04. The highest BCUT2D eigenvalue weighted by Gasteiger charge is 2.42. The maximum Gasteiger partial charge on any atom is 0.143 e. The fourth-order valence-electron chi connectivity index (χ4n) is 3.65. The zero-order valence-corrected chi connectivity index (χ0v) is 11.6. The van der Waals surface area contributed by atoms with Gasteiger partial charge in [-0.2, -0.15) is 0 Å². The molecule has 2 aliphatic rings. The molecule has 1 aliphatic carbocycles. The Morgan fingerprint density at radius 1 is 1.33 bits per heavy atom. The third kappa shape index (κ3) is 2.77. The predicted molar refractivity (Wildman–Crippen MR) is 72.3 cm³/mol. The monoisotopic (exact) mass is 253 g/mol. The maximum absolute atomic E-state index is 12.8. The average molecular weight is 253 g/mol. The molecule has 1 saturated heterocycles. The van der Waals surface area contributed by atoms with Crippen LogP contribution < -0.4 is 5.73 Å².